The first-order chi connectivity index (χ1) is 8.49. The highest BCUT2D eigenvalue weighted by Crippen LogP contribution is 2.19. The van der Waals surface area contributed by atoms with Gasteiger partial charge in [0.1, 0.15) is 0 Å². The van der Waals surface area contributed by atoms with Crippen LogP contribution in [0.15, 0.2) is 5.38 Å². The molecule has 7 heteroatoms. The molecule has 0 radical (unpaired) electrons. The molecule has 0 aliphatic carbocycles. The number of halogens is 2. The zero-order valence-electron chi connectivity index (χ0n) is 12.2. The van der Waals surface area contributed by atoms with Crippen LogP contribution in [0.3, 0.4) is 0 Å². The topological polar surface area (TPSA) is 68.0 Å². The molecule has 0 saturated carbocycles. The smallest absolute Gasteiger partial charge is 0.220 e. The molecule has 0 bridgehead atoms. The van der Waals surface area contributed by atoms with E-state index in [4.69, 9.17) is 5.73 Å². The highest BCUT2D eigenvalue weighted by molar-refractivity contribution is 7.09. The van der Waals surface area contributed by atoms with E-state index in [0.717, 1.165) is 23.5 Å². The lowest BCUT2D eigenvalue weighted by Crippen LogP contribution is -2.27. The molecule has 1 rings (SSSR count). The van der Waals surface area contributed by atoms with Gasteiger partial charge in [0.15, 0.2) is 0 Å². The zero-order chi connectivity index (χ0) is 13.5. The van der Waals surface area contributed by atoms with E-state index < -0.39 is 0 Å². The van der Waals surface area contributed by atoms with E-state index >= 15 is 0 Å². The minimum atomic E-state index is 0. The molecule has 0 saturated heterocycles. The van der Waals surface area contributed by atoms with Crippen molar-refractivity contribution in [1.29, 1.82) is 0 Å². The Bertz CT molecular complexity index is 383. The first kappa shape index (κ1) is 21.9. The number of nitrogens with one attached hydrogen (secondary N) is 1. The largest absolute Gasteiger partial charge is 0.356 e. The van der Waals surface area contributed by atoms with Gasteiger partial charge in [-0.1, -0.05) is 13.8 Å². The SMILES string of the molecule is CC(N)CCC(=O)NCCc1csc(C(C)C)n1.Cl.Cl. The Labute approximate surface area is 137 Å². The van der Waals surface area contributed by atoms with Crippen molar-refractivity contribution in [2.45, 2.75) is 52.0 Å². The summed E-state index contributed by atoms with van der Waals surface area (Å²) in [5.74, 6) is 0.552. The van der Waals surface area contributed by atoms with Crippen LogP contribution in [0.2, 0.25) is 0 Å². The van der Waals surface area contributed by atoms with Gasteiger partial charge in [0.05, 0.1) is 10.7 Å². The van der Waals surface area contributed by atoms with Gasteiger partial charge < -0.3 is 11.1 Å². The van der Waals surface area contributed by atoms with Gasteiger partial charge >= 0.3 is 0 Å². The first-order valence-electron chi connectivity index (χ1n) is 6.45. The number of amides is 1. The van der Waals surface area contributed by atoms with Gasteiger partial charge in [0, 0.05) is 36.7 Å². The van der Waals surface area contributed by atoms with E-state index in [1.165, 1.54) is 0 Å². The number of carbonyl (C=O) groups excluding carboxylic acids is 1. The maximum absolute atomic E-state index is 11.5. The Morgan fingerprint density at radius 1 is 1.40 bits per heavy atom. The summed E-state index contributed by atoms with van der Waals surface area (Å²) >= 11 is 1.69. The van der Waals surface area contributed by atoms with E-state index in [2.05, 4.69) is 29.5 Å². The van der Waals surface area contributed by atoms with Crippen molar-refractivity contribution >= 4 is 42.1 Å². The minimum absolute atomic E-state index is 0. The maximum Gasteiger partial charge on any atom is 0.220 e. The molecular weight excluding hydrogens is 317 g/mol. The van der Waals surface area contributed by atoms with Crippen molar-refractivity contribution in [3.8, 4) is 0 Å². The van der Waals surface area contributed by atoms with Crippen LogP contribution in [0.1, 0.15) is 50.2 Å². The number of carbonyl (C=O) groups is 1. The molecule has 1 unspecified atom stereocenters. The zero-order valence-corrected chi connectivity index (χ0v) is 14.7. The minimum Gasteiger partial charge on any atom is -0.356 e. The number of nitrogens with zero attached hydrogens (tertiary/aromatic N) is 1. The van der Waals surface area contributed by atoms with Crippen LogP contribution in [0.25, 0.3) is 0 Å². The van der Waals surface area contributed by atoms with Crippen LogP contribution in [-0.2, 0) is 11.2 Å². The predicted molar refractivity (Wildman–Crippen MR) is 90.3 cm³/mol. The third kappa shape index (κ3) is 8.74. The fourth-order valence-electron chi connectivity index (χ4n) is 1.48. The summed E-state index contributed by atoms with van der Waals surface area (Å²) in [7, 11) is 0. The molecule has 0 aliphatic rings. The Morgan fingerprint density at radius 3 is 2.55 bits per heavy atom. The number of rotatable bonds is 7. The molecule has 1 aromatic heterocycles. The van der Waals surface area contributed by atoms with Crippen molar-refractivity contribution in [2.75, 3.05) is 6.54 Å². The number of aromatic nitrogens is 1. The van der Waals surface area contributed by atoms with Crippen LogP contribution < -0.4 is 11.1 Å². The first-order valence-corrected chi connectivity index (χ1v) is 7.33. The second-order valence-corrected chi connectivity index (χ2v) is 5.84. The third-order valence-electron chi connectivity index (χ3n) is 2.59. The average molecular weight is 342 g/mol. The van der Waals surface area contributed by atoms with Crippen molar-refractivity contribution < 1.29 is 4.79 Å². The van der Waals surface area contributed by atoms with Gasteiger partial charge in [0.25, 0.3) is 0 Å². The van der Waals surface area contributed by atoms with Gasteiger partial charge in [-0.3, -0.25) is 4.79 Å². The number of thiazole rings is 1. The molecular formula is C13H25Cl2N3OS. The molecule has 118 valence electrons. The summed E-state index contributed by atoms with van der Waals surface area (Å²) in [5, 5.41) is 6.13. The second-order valence-electron chi connectivity index (χ2n) is 4.95. The van der Waals surface area contributed by atoms with Crippen LogP contribution in [0.5, 0.6) is 0 Å². The Balaban J connectivity index is 0. The number of hydrogen-bond acceptors (Lipinski definition) is 4. The number of hydrogen-bond donors (Lipinski definition) is 2. The lowest BCUT2D eigenvalue weighted by atomic mass is 10.2. The summed E-state index contributed by atoms with van der Waals surface area (Å²) in [5.41, 5.74) is 6.67. The molecule has 4 nitrogen and oxygen atoms in total. The fourth-order valence-corrected chi connectivity index (χ4v) is 2.35. The van der Waals surface area contributed by atoms with E-state index in [1.54, 1.807) is 11.3 Å². The lowest BCUT2D eigenvalue weighted by Gasteiger charge is -2.06. The molecule has 3 N–H and O–H groups in total. The molecule has 1 heterocycles. The molecule has 0 spiro atoms. The summed E-state index contributed by atoms with van der Waals surface area (Å²) in [4.78, 5) is 16.0. The van der Waals surface area contributed by atoms with Crippen LogP contribution in [-0.4, -0.2) is 23.5 Å². The number of nitrogens with two attached hydrogens (primary N) is 1. The maximum atomic E-state index is 11.5. The second kappa shape index (κ2) is 11.3. The Kier molecular flexibility index (Phi) is 12.4. The highest BCUT2D eigenvalue weighted by Gasteiger charge is 2.07. The molecule has 0 fully saturated rings. The van der Waals surface area contributed by atoms with E-state index in [-0.39, 0.29) is 36.8 Å². The van der Waals surface area contributed by atoms with Crippen LogP contribution in [0, 0.1) is 0 Å². The summed E-state index contributed by atoms with van der Waals surface area (Å²) in [6, 6.07) is 0.0860. The molecule has 1 aromatic rings. The van der Waals surface area contributed by atoms with E-state index in [9.17, 15) is 4.79 Å². The fraction of sp³-hybridized carbons (Fsp3) is 0.692. The molecule has 0 aliphatic heterocycles. The van der Waals surface area contributed by atoms with Crippen molar-refractivity contribution in [3.05, 3.63) is 16.1 Å². The molecule has 1 atom stereocenters. The van der Waals surface area contributed by atoms with Gasteiger partial charge in [-0.2, -0.15) is 0 Å². The quantitative estimate of drug-likeness (QED) is 0.801. The third-order valence-corrected chi connectivity index (χ3v) is 3.79. The van der Waals surface area contributed by atoms with E-state index in [1.807, 2.05) is 6.92 Å². The average Bonchev–Trinajstić information content (AvgIpc) is 2.75. The molecule has 20 heavy (non-hydrogen) atoms. The van der Waals surface area contributed by atoms with Crippen molar-refractivity contribution in [3.63, 3.8) is 0 Å². The summed E-state index contributed by atoms with van der Waals surface area (Å²) in [6.07, 6.45) is 2.04. The van der Waals surface area contributed by atoms with Crippen molar-refractivity contribution in [1.82, 2.24) is 10.3 Å². The van der Waals surface area contributed by atoms with Gasteiger partial charge in [-0.05, 0) is 13.3 Å². The van der Waals surface area contributed by atoms with Gasteiger partial charge in [-0.25, -0.2) is 4.98 Å². The van der Waals surface area contributed by atoms with Crippen LogP contribution >= 0.6 is 36.2 Å². The monoisotopic (exact) mass is 341 g/mol. The normalized spacial score (nSPS) is 11.4. The molecule has 0 aromatic carbocycles. The summed E-state index contributed by atoms with van der Waals surface area (Å²) in [6.45, 7) is 6.84. The van der Waals surface area contributed by atoms with Gasteiger partial charge in [0.2, 0.25) is 5.91 Å². The Morgan fingerprint density at radius 2 is 2.05 bits per heavy atom. The molecule has 1 amide bonds. The Hall–Kier alpha value is -0.360. The lowest BCUT2D eigenvalue weighted by molar-refractivity contribution is -0.121. The van der Waals surface area contributed by atoms with Crippen LogP contribution in [0.4, 0.5) is 0 Å². The standard InChI is InChI=1S/C13H23N3OS.2ClH/c1-9(2)13-16-11(8-18-13)6-7-15-12(17)5-4-10(3)14;;/h8-10H,4-7,14H2,1-3H3,(H,15,17);2*1H. The van der Waals surface area contributed by atoms with Gasteiger partial charge in [-0.15, -0.1) is 36.2 Å². The predicted octanol–water partition coefficient (Wildman–Crippen LogP) is 2.90. The van der Waals surface area contributed by atoms with E-state index in [0.29, 0.717) is 18.9 Å². The van der Waals surface area contributed by atoms with Crippen molar-refractivity contribution in [2.24, 2.45) is 5.73 Å². The summed E-state index contributed by atoms with van der Waals surface area (Å²) < 4.78 is 0. The highest BCUT2D eigenvalue weighted by atomic mass is 35.5.